The van der Waals surface area contributed by atoms with Crippen molar-refractivity contribution in [1.82, 2.24) is 39.0 Å². The van der Waals surface area contributed by atoms with Gasteiger partial charge in [0, 0.05) is 70.8 Å². The summed E-state index contributed by atoms with van der Waals surface area (Å²) in [5.41, 5.74) is 11.7. The fraction of sp³-hybridized carbons (Fsp3) is 0. The van der Waals surface area contributed by atoms with Crippen LogP contribution >= 0.6 is 34.8 Å². The predicted molar refractivity (Wildman–Crippen MR) is 327 cm³/mol. The molecule has 0 spiro atoms. The van der Waals surface area contributed by atoms with E-state index in [0.717, 1.165) is 72.0 Å². The molecule has 0 saturated heterocycles. The number of fused-ring (bicyclic) bond motifs is 6. The van der Waals surface area contributed by atoms with Gasteiger partial charge in [0.25, 0.3) is 0 Å². The minimum Gasteiger partial charge on any atom is -0.423 e. The van der Waals surface area contributed by atoms with E-state index in [1.165, 1.54) is 16.8 Å². The normalized spacial score (nSPS) is 11.1. The lowest BCUT2D eigenvalue weighted by atomic mass is 9.81. The van der Waals surface area contributed by atoms with Gasteiger partial charge < -0.3 is 19.2 Å². The van der Waals surface area contributed by atoms with Gasteiger partial charge in [-0.1, -0.05) is 181 Å². The summed E-state index contributed by atoms with van der Waals surface area (Å²) < 4.78 is 4.58. The molecule has 0 saturated carbocycles. The molecule has 14 rings (SSSR count). The number of hydrogen-bond acceptors (Lipinski definition) is 8. The molecule has 14 aromatic rings. The van der Waals surface area contributed by atoms with Crippen LogP contribution in [0.1, 0.15) is 0 Å². The molecule has 10 aromatic carbocycles. The lowest BCUT2D eigenvalue weighted by Gasteiger charge is -2.10. The molecule has 0 bridgehead atoms. The van der Waals surface area contributed by atoms with Crippen molar-refractivity contribution in [2.45, 2.75) is 0 Å². The van der Waals surface area contributed by atoms with E-state index >= 15 is 0 Å². The molecule has 4 aromatic heterocycles. The molecule has 0 atom stereocenters. The summed E-state index contributed by atoms with van der Waals surface area (Å²) in [6.07, 6.45) is 0. The molecular formula is C66H44BCl3N8O2. The van der Waals surface area contributed by atoms with Crippen LogP contribution in [0, 0.1) is 0 Å². The van der Waals surface area contributed by atoms with Crippen molar-refractivity contribution in [2.24, 2.45) is 0 Å². The molecule has 2 N–H and O–H groups in total. The van der Waals surface area contributed by atoms with Crippen molar-refractivity contribution in [2.75, 3.05) is 0 Å². The maximum absolute atomic E-state index is 8.65. The average molecular weight is 1100 g/mol. The van der Waals surface area contributed by atoms with Crippen molar-refractivity contribution < 1.29 is 10.0 Å². The Labute approximate surface area is 475 Å². The molecule has 0 fully saturated rings. The van der Waals surface area contributed by atoms with Crippen molar-refractivity contribution in [3.05, 3.63) is 270 Å². The molecule has 0 aliphatic heterocycles. The first-order chi connectivity index (χ1) is 39.2. The van der Waals surface area contributed by atoms with E-state index in [9.17, 15) is 0 Å². The second-order valence-electron chi connectivity index (χ2n) is 18.6. The molecule has 80 heavy (non-hydrogen) atoms. The smallest absolute Gasteiger partial charge is 0.423 e. The molecule has 0 unspecified atom stereocenters. The van der Waals surface area contributed by atoms with E-state index in [-0.39, 0.29) is 5.28 Å². The second-order valence-corrected chi connectivity index (χ2v) is 19.8. The summed E-state index contributed by atoms with van der Waals surface area (Å²) >= 11 is 18.2. The minimum absolute atomic E-state index is 0.181. The zero-order valence-corrected chi connectivity index (χ0v) is 44.7. The SMILES string of the molecule is Clc1cccc(-c2nc(-c3ccccc3)nc(-c3ccc4c(c3)c3ccccc3n4-c3ccccc3)n2)c1.Clc1nc(-c2ccccc2)nc(-c2ccc3c(c2)c2ccccc2n3-c2ccccc2)n1.OB(O)c1cccc(Cl)c1. The summed E-state index contributed by atoms with van der Waals surface area (Å²) in [7, 11) is -1.43. The summed E-state index contributed by atoms with van der Waals surface area (Å²) in [6.45, 7) is 0. The van der Waals surface area contributed by atoms with Crippen LogP contribution < -0.4 is 5.46 Å². The Kier molecular flexibility index (Phi) is 14.8. The Morgan fingerprint density at radius 2 is 0.637 bits per heavy atom. The first kappa shape index (κ1) is 51.4. The monoisotopic (exact) mass is 1100 g/mol. The van der Waals surface area contributed by atoms with E-state index in [1.807, 2.05) is 103 Å². The zero-order valence-electron chi connectivity index (χ0n) is 42.4. The standard InChI is InChI=1S/C33H21ClN4.C27H17ClN4.C6H6BClO2/c34-25-13-9-12-23(20-25)32-35-31(22-10-3-1-4-11-22)36-33(37-32)24-18-19-30-28(21-24)27-16-7-8-17-29(27)38(30)26-14-5-2-6-15-26;28-27-30-25(18-9-3-1-4-10-18)29-26(31-27)19-15-16-24-22(17-19)21-13-7-8-14-23(21)32(24)20-11-5-2-6-12-20;8-6-3-1-2-5(4-6)7(9)10/h1-21H;1-17H;1-4,9-10H. The Hall–Kier alpha value is -9.33. The van der Waals surface area contributed by atoms with Crippen LogP contribution in [0.25, 0.3) is 112 Å². The van der Waals surface area contributed by atoms with Gasteiger partial charge in [-0.25, -0.2) is 19.9 Å². The van der Waals surface area contributed by atoms with Gasteiger partial charge in [-0.3, -0.25) is 0 Å². The number of nitrogens with zero attached hydrogens (tertiary/aromatic N) is 8. The summed E-state index contributed by atoms with van der Waals surface area (Å²) in [5, 5.41) is 23.3. The van der Waals surface area contributed by atoms with Crippen molar-refractivity contribution >= 4 is 91.0 Å². The third-order valence-corrected chi connectivity index (χ3v) is 14.1. The highest BCUT2D eigenvalue weighted by molar-refractivity contribution is 6.59. The molecule has 14 heteroatoms. The molecule has 0 aliphatic carbocycles. The van der Waals surface area contributed by atoms with Crippen LogP contribution in [0.5, 0.6) is 0 Å². The highest BCUT2D eigenvalue weighted by Gasteiger charge is 2.19. The molecule has 0 radical (unpaired) electrons. The maximum Gasteiger partial charge on any atom is 0.488 e. The van der Waals surface area contributed by atoms with Gasteiger partial charge in [0.05, 0.1) is 22.1 Å². The van der Waals surface area contributed by atoms with Crippen LogP contribution in [0.4, 0.5) is 0 Å². The van der Waals surface area contributed by atoms with Gasteiger partial charge in [0.1, 0.15) is 0 Å². The molecule has 10 nitrogen and oxygen atoms in total. The predicted octanol–water partition coefficient (Wildman–Crippen LogP) is 15.6. The van der Waals surface area contributed by atoms with E-state index < -0.39 is 7.12 Å². The topological polar surface area (TPSA) is 128 Å². The average Bonchev–Trinajstić information content (AvgIpc) is 4.14. The molecule has 0 aliphatic rings. The number of aromatic nitrogens is 8. The van der Waals surface area contributed by atoms with Gasteiger partial charge in [-0.05, 0) is 114 Å². The summed E-state index contributed by atoms with van der Waals surface area (Å²) in [4.78, 5) is 28.1. The number of benzene rings is 10. The molecule has 4 heterocycles. The largest absolute Gasteiger partial charge is 0.488 e. The highest BCUT2D eigenvalue weighted by Crippen LogP contribution is 2.37. The maximum atomic E-state index is 8.65. The number of rotatable bonds is 8. The highest BCUT2D eigenvalue weighted by atomic mass is 35.5. The summed E-state index contributed by atoms with van der Waals surface area (Å²) in [6, 6.07) is 84.3. The van der Waals surface area contributed by atoms with Gasteiger partial charge in [-0.15, -0.1) is 0 Å². The van der Waals surface area contributed by atoms with Crippen LogP contribution in [0.15, 0.2) is 255 Å². The van der Waals surface area contributed by atoms with E-state index in [0.29, 0.717) is 44.6 Å². The van der Waals surface area contributed by atoms with Crippen molar-refractivity contribution in [3.8, 4) is 68.3 Å². The van der Waals surface area contributed by atoms with Crippen LogP contribution in [0.3, 0.4) is 0 Å². The van der Waals surface area contributed by atoms with Gasteiger partial charge in [0.15, 0.2) is 29.1 Å². The van der Waals surface area contributed by atoms with E-state index in [4.69, 9.17) is 64.8 Å². The minimum atomic E-state index is -1.43. The number of halogens is 3. The Balaban J connectivity index is 0.000000137. The fourth-order valence-electron chi connectivity index (χ4n) is 9.78. The quantitative estimate of drug-likeness (QED) is 0.144. The Morgan fingerprint density at radius 1 is 0.287 bits per heavy atom. The first-order valence-electron chi connectivity index (χ1n) is 25.6. The Morgan fingerprint density at radius 3 is 1.07 bits per heavy atom. The third-order valence-electron chi connectivity index (χ3n) is 13.4. The second kappa shape index (κ2) is 22.9. The van der Waals surface area contributed by atoms with E-state index in [1.54, 1.807) is 18.2 Å². The van der Waals surface area contributed by atoms with Crippen molar-refractivity contribution in [3.63, 3.8) is 0 Å². The number of para-hydroxylation sites is 4. The lowest BCUT2D eigenvalue weighted by molar-refractivity contribution is 0.426. The van der Waals surface area contributed by atoms with Crippen molar-refractivity contribution in [1.29, 1.82) is 0 Å². The fourth-order valence-corrected chi connectivity index (χ4v) is 10.3. The van der Waals surface area contributed by atoms with Crippen LogP contribution in [-0.4, -0.2) is 56.2 Å². The van der Waals surface area contributed by atoms with Crippen LogP contribution in [0.2, 0.25) is 15.3 Å². The number of hydrogen-bond donors (Lipinski definition) is 2. The Bertz CT molecular complexity index is 4510. The van der Waals surface area contributed by atoms with Crippen LogP contribution in [-0.2, 0) is 0 Å². The van der Waals surface area contributed by atoms with Gasteiger partial charge in [0.2, 0.25) is 5.28 Å². The zero-order chi connectivity index (χ0) is 54.5. The lowest BCUT2D eigenvalue weighted by Crippen LogP contribution is -2.29. The molecular weight excluding hydrogens is 1050 g/mol. The van der Waals surface area contributed by atoms with Gasteiger partial charge >= 0.3 is 7.12 Å². The molecule has 384 valence electrons. The molecule has 0 amide bonds. The van der Waals surface area contributed by atoms with E-state index in [2.05, 4.69) is 146 Å². The van der Waals surface area contributed by atoms with Gasteiger partial charge in [-0.2, -0.15) is 9.97 Å². The third kappa shape index (κ3) is 10.8. The first-order valence-corrected chi connectivity index (χ1v) is 26.7. The summed E-state index contributed by atoms with van der Waals surface area (Å²) in [5.74, 6) is 2.95.